The summed E-state index contributed by atoms with van der Waals surface area (Å²) in [6.07, 6.45) is 9.73. The van der Waals surface area contributed by atoms with E-state index < -0.39 is 0 Å². The number of aliphatic hydroxyl groups excluding tert-OH is 1. The van der Waals surface area contributed by atoms with Crippen LogP contribution in [0.5, 0.6) is 0 Å². The van der Waals surface area contributed by atoms with Crippen LogP contribution in [0.15, 0.2) is 11.8 Å². The quantitative estimate of drug-likeness (QED) is 0.679. The molecule has 0 aromatic heterocycles. The zero-order valence-electron chi connectivity index (χ0n) is 10.3. The predicted octanol–water partition coefficient (Wildman–Crippen LogP) is 4.21. The van der Waals surface area contributed by atoms with Crippen molar-refractivity contribution in [3.05, 3.63) is 11.8 Å². The van der Waals surface area contributed by atoms with E-state index in [1.165, 1.54) is 49.9 Å². The number of rotatable bonds is 7. The molecule has 3 heteroatoms. The molecule has 0 unspecified atom stereocenters. The van der Waals surface area contributed by atoms with E-state index in [1.54, 1.807) is 0 Å². The van der Waals surface area contributed by atoms with Gasteiger partial charge in [0.2, 0.25) is 5.12 Å². The second-order valence-corrected chi connectivity index (χ2v) is 6.21. The third-order valence-corrected chi connectivity index (χ3v) is 4.31. The summed E-state index contributed by atoms with van der Waals surface area (Å²) >= 11 is 1.26. The van der Waals surface area contributed by atoms with Gasteiger partial charge in [0.25, 0.3) is 0 Å². The molecular formula is C13H22O2S. The topological polar surface area (TPSA) is 37.3 Å². The lowest BCUT2D eigenvalue weighted by molar-refractivity contribution is -0.106. The van der Waals surface area contributed by atoms with Gasteiger partial charge in [-0.15, -0.1) is 0 Å². The minimum atomic E-state index is -0.345. The fourth-order valence-corrected chi connectivity index (χ4v) is 3.01. The van der Waals surface area contributed by atoms with E-state index in [9.17, 15) is 9.90 Å². The number of aliphatic hydroxyl groups is 1. The van der Waals surface area contributed by atoms with Gasteiger partial charge in [0, 0.05) is 6.08 Å². The fraction of sp³-hybridized carbons (Fsp3) is 0.769. The highest BCUT2D eigenvalue weighted by Crippen LogP contribution is 2.42. The number of unbranched alkanes of at least 4 members (excludes halogenated alkanes) is 5. The molecule has 0 fully saturated rings. The Morgan fingerprint density at radius 3 is 2.44 bits per heavy atom. The van der Waals surface area contributed by atoms with Crippen LogP contribution in [0.25, 0.3) is 0 Å². The molecule has 2 nitrogen and oxygen atoms in total. The molecule has 1 heterocycles. The van der Waals surface area contributed by atoms with Gasteiger partial charge in [-0.2, -0.15) is 0 Å². The first kappa shape index (κ1) is 13.6. The van der Waals surface area contributed by atoms with E-state index in [4.69, 9.17) is 0 Å². The van der Waals surface area contributed by atoms with Gasteiger partial charge in [0.15, 0.2) is 0 Å². The van der Waals surface area contributed by atoms with Gasteiger partial charge >= 0.3 is 0 Å². The zero-order valence-corrected chi connectivity index (χ0v) is 11.1. The second kappa shape index (κ2) is 6.33. The molecule has 0 spiro atoms. The molecule has 0 aromatic carbocycles. The summed E-state index contributed by atoms with van der Waals surface area (Å²) in [5.74, 6) is 0.260. The van der Waals surface area contributed by atoms with Crippen molar-refractivity contribution in [3.8, 4) is 0 Å². The maximum Gasteiger partial charge on any atom is 0.216 e. The Balaban J connectivity index is 2.18. The van der Waals surface area contributed by atoms with Crippen molar-refractivity contribution in [1.29, 1.82) is 0 Å². The fourth-order valence-electron chi connectivity index (χ4n) is 1.99. The SMILES string of the molecule is CCCCCCCC[C@@]1(C)SC(=O)C=C1O. The normalized spacial score (nSPS) is 24.9. The molecule has 0 saturated carbocycles. The number of hydrogen-bond donors (Lipinski definition) is 1. The molecule has 0 radical (unpaired) electrons. The molecule has 1 atom stereocenters. The van der Waals surface area contributed by atoms with Crippen LogP contribution in [0.4, 0.5) is 0 Å². The minimum Gasteiger partial charge on any atom is -0.511 e. The van der Waals surface area contributed by atoms with Crippen molar-refractivity contribution in [2.75, 3.05) is 0 Å². The summed E-state index contributed by atoms with van der Waals surface area (Å²) in [4.78, 5) is 11.2. The average molecular weight is 242 g/mol. The van der Waals surface area contributed by atoms with Crippen LogP contribution in [-0.2, 0) is 4.79 Å². The first-order valence-corrected chi connectivity index (χ1v) is 7.04. The smallest absolute Gasteiger partial charge is 0.216 e. The monoisotopic (exact) mass is 242 g/mol. The summed E-state index contributed by atoms with van der Waals surface area (Å²) < 4.78 is -0.345. The molecule has 0 bridgehead atoms. The summed E-state index contributed by atoms with van der Waals surface area (Å²) in [5.41, 5.74) is 0. The maximum absolute atomic E-state index is 11.2. The largest absolute Gasteiger partial charge is 0.511 e. The lowest BCUT2D eigenvalue weighted by Gasteiger charge is -2.22. The van der Waals surface area contributed by atoms with Gasteiger partial charge in [-0.1, -0.05) is 57.2 Å². The van der Waals surface area contributed by atoms with Crippen LogP contribution >= 0.6 is 11.8 Å². The van der Waals surface area contributed by atoms with Gasteiger partial charge < -0.3 is 5.11 Å². The van der Waals surface area contributed by atoms with E-state index in [1.807, 2.05) is 6.92 Å². The van der Waals surface area contributed by atoms with E-state index in [0.29, 0.717) is 0 Å². The van der Waals surface area contributed by atoms with E-state index in [0.717, 1.165) is 12.8 Å². The van der Waals surface area contributed by atoms with Crippen LogP contribution in [0.3, 0.4) is 0 Å². The Labute approximate surface area is 103 Å². The molecule has 92 valence electrons. The van der Waals surface area contributed by atoms with Crippen molar-refractivity contribution in [2.24, 2.45) is 0 Å². The van der Waals surface area contributed by atoms with Crippen molar-refractivity contribution in [2.45, 2.75) is 63.5 Å². The highest BCUT2D eigenvalue weighted by molar-refractivity contribution is 8.15. The molecule has 0 saturated heterocycles. The Bertz CT molecular complexity index is 273. The van der Waals surface area contributed by atoms with Crippen LogP contribution in [0, 0.1) is 0 Å². The van der Waals surface area contributed by atoms with Crippen LogP contribution in [0.2, 0.25) is 0 Å². The molecule has 16 heavy (non-hydrogen) atoms. The molecule has 1 N–H and O–H groups in total. The number of hydrogen-bond acceptors (Lipinski definition) is 3. The lowest BCUT2D eigenvalue weighted by atomic mass is 9.99. The Hall–Kier alpha value is -0.440. The summed E-state index contributed by atoms with van der Waals surface area (Å²) in [5, 5.41) is 9.67. The van der Waals surface area contributed by atoms with Crippen LogP contribution < -0.4 is 0 Å². The molecule has 1 aliphatic rings. The highest BCUT2D eigenvalue weighted by atomic mass is 32.2. The molecule has 0 amide bonds. The average Bonchev–Trinajstić information content (AvgIpc) is 2.47. The van der Waals surface area contributed by atoms with Gasteiger partial charge in [-0.05, 0) is 13.3 Å². The first-order valence-electron chi connectivity index (χ1n) is 6.22. The van der Waals surface area contributed by atoms with E-state index >= 15 is 0 Å². The predicted molar refractivity (Wildman–Crippen MR) is 69.7 cm³/mol. The number of carbonyl (C=O) groups is 1. The summed E-state index contributed by atoms with van der Waals surface area (Å²) in [6.45, 7) is 4.17. The Morgan fingerprint density at radius 1 is 1.25 bits per heavy atom. The van der Waals surface area contributed by atoms with E-state index in [2.05, 4.69) is 6.92 Å². The lowest BCUT2D eigenvalue weighted by Crippen LogP contribution is -2.20. The number of carbonyl (C=O) groups excluding carboxylic acids is 1. The van der Waals surface area contributed by atoms with Gasteiger partial charge in [-0.25, -0.2) is 0 Å². The van der Waals surface area contributed by atoms with E-state index in [-0.39, 0.29) is 15.6 Å². The number of thioether (sulfide) groups is 1. The molecule has 1 aliphatic heterocycles. The third-order valence-electron chi connectivity index (χ3n) is 3.13. The van der Waals surface area contributed by atoms with Crippen molar-refractivity contribution < 1.29 is 9.90 Å². The third kappa shape index (κ3) is 3.85. The highest BCUT2D eigenvalue weighted by Gasteiger charge is 2.37. The standard InChI is InChI=1S/C13H22O2S/c1-3-4-5-6-7-8-9-13(2)11(14)10-12(15)16-13/h10,14H,3-9H2,1-2H3/t13-/m1/s1. The summed E-state index contributed by atoms with van der Waals surface area (Å²) in [6, 6.07) is 0. The zero-order chi connectivity index (χ0) is 12.0. The van der Waals surface area contributed by atoms with Crippen molar-refractivity contribution in [1.82, 2.24) is 0 Å². The second-order valence-electron chi connectivity index (χ2n) is 4.70. The first-order chi connectivity index (χ1) is 7.58. The molecular weight excluding hydrogens is 220 g/mol. The van der Waals surface area contributed by atoms with Crippen LogP contribution in [0.1, 0.15) is 58.8 Å². The Morgan fingerprint density at radius 2 is 1.88 bits per heavy atom. The van der Waals surface area contributed by atoms with Gasteiger partial charge in [-0.3, -0.25) is 4.79 Å². The molecule has 0 aromatic rings. The molecule has 1 rings (SSSR count). The van der Waals surface area contributed by atoms with Crippen molar-refractivity contribution in [3.63, 3.8) is 0 Å². The van der Waals surface area contributed by atoms with Gasteiger partial charge in [0.1, 0.15) is 5.76 Å². The Kier molecular flexibility index (Phi) is 5.39. The van der Waals surface area contributed by atoms with Crippen LogP contribution in [-0.4, -0.2) is 15.0 Å². The molecule has 0 aliphatic carbocycles. The maximum atomic E-state index is 11.2. The van der Waals surface area contributed by atoms with Gasteiger partial charge in [0.05, 0.1) is 4.75 Å². The minimum absolute atomic E-state index is 0.00835. The van der Waals surface area contributed by atoms with Crippen molar-refractivity contribution >= 4 is 16.9 Å². The summed E-state index contributed by atoms with van der Waals surface area (Å²) in [7, 11) is 0.